The first-order valence-corrected chi connectivity index (χ1v) is 7.58. The minimum atomic E-state index is 0.273. The summed E-state index contributed by atoms with van der Waals surface area (Å²) >= 11 is 1.82. The third-order valence-electron chi connectivity index (χ3n) is 3.27. The van der Waals surface area contributed by atoms with Crippen molar-refractivity contribution in [1.82, 2.24) is 0 Å². The molecule has 0 aromatic heterocycles. The highest BCUT2D eigenvalue weighted by Crippen LogP contribution is 2.30. The monoisotopic (exact) mass is 271 g/mol. The molecule has 0 radical (unpaired) electrons. The molecular weight excluding hydrogens is 250 g/mol. The van der Waals surface area contributed by atoms with Crippen molar-refractivity contribution in [3.05, 3.63) is 59.7 Å². The first-order chi connectivity index (χ1) is 9.19. The number of aryl methyl sites for hydroxylation is 1. The van der Waals surface area contributed by atoms with Crippen molar-refractivity contribution in [3.63, 3.8) is 0 Å². The molecule has 2 N–H and O–H groups in total. The molecule has 1 nitrogen and oxygen atoms in total. The van der Waals surface area contributed by atoms with Crippen molar-refractivity contribution in [2.45, 2.75) is 42.5 Å². The standard InChI is InChI=1S/C17H21NS/c1-3-15(18)12-14-8-10-16(11-9-14)19-17-7-5-4-6-13(17)2/h4-11,15H,3,12,18H2,1-2H3. The fraction of sp³-hybridized carbons (Fsp3) is 0.294. The summed E-state index contributed by atoms with van der Waals surface area (Å²) in [7, 11) is 0. The zero-order chi connectivity index (χ0) is 13.7. The van der Waals surface area contributed by atoms with E-state index in [4.69, 9.17) is 5.73 Å². The molecule has 0 spiro atoms. The average molecular weight is 271 g/mol. The lowest BCUT2D eigenvalue weighted by Gasteiger charge is -2.09. The van der Waals surface area contributed by atoms with E-state index in [2.05, 4.69) is 62.4 Å². The van der Waals surface area contributed by atoms with Gasteiger partial charge in [-0.05, 0) is 49.1 Å². The summed E-state index contributed by atoms with van der Waals surface area (Å²) in [6, 6.07) is 17.5. The number of nitrogens with two attached hydrogens (primary N) is 1. The molecule has 0 aliphatic rings. The summed E-state index contributed by atoms with van der Waals surface area (Å²) < 4.78 is 0. The fourth-order valence-electron chi connectivity index (χ4n) is 1.94. The molecule has 0 fully saturated rings. The molecule has 100 valence electrons. The van der Waals surface area contributed by atoms with Gasteiger partial charge in [-0.1, -0.05) is 49.0 Å². The summed E-state index contributed by atoms with van der Waals surface area (Å²) in [5.74, 6) is 0. The van der Waals surface area contributed by atoms with Gasteiger partial charge in [-0.3, -0.25) is 0 Å². The Kier molecular flexibility index (Phi) is 5.06. The summed E-state index contributed by atoms with van der Waals surface area (Å²) in [5.41, 5.74) is 8.63. The number of hydrogen-bond donors (Lipinski definition) is 1. The Bertz CT molecular complexity index is 519. The quantitative estimate of drug-likeness (QED) is 0.870. The lowest BCUT2D eigenvalue weighted by atomic mass is 10.1. The maximum Gasteiger partial charge on any atom is 0.0151 e. The second-order valence-electron chi connectivity index (χ2n) is 4.88. The topological polar surface area (TPSA) is 26.0 Å². The maximum atomic E-state index is 5.98. The van der Waals surface area contributed by atoms with Gasteiger partial charge in [-0.2, -0.15) is 0 Å². The van der Waals surface area contributed by atoms with Crippen LogP contribution in [0.2, 0.25) is 0 Å². The zero-order valence-electron chi connectivity index (χ0n) is 11.6. The molecule has 0 aliphatic carbocycles. The number of hydrogen-bond acceptors (Lipinski definition) is 2. The van der Waals surface area contributed by atoms with Gasteiger partial charge in [0.1, 0.15) is 0 Å². The van der Waals surface area contributed by atoms with Gasteiger partial charge in [0.2, 0.25) is 0 Å². The smallest absolute Gasteiger partial charge is 0.0151 e. The predicted octanol–water partition coefficient (Wildman–Crippen LogP) is 4.43. The Hall–Kier alpha value is -1.25. The van der Waals surface area contributed by atoms with Gasteiger partial charge in [0.25, 0.3) is 0 Å². The van der Waals surface area contributed by atoms with Crippen LogP contribution in [0, 0.1) is 6.92 Å². The number of rotatable bonds is 5. The van der Waals surface area contributed by atoms with Gasteiger partial charge in [0, 0.05) is 15.8 Å². The summed E-state index contributed by atoms with van der Waals surface area (Å²) in [5, 5.41) is 0. The highest BCUT2D eigenvalue weighted by molar-refractivity contribution is 7.99. The van der Waals surface area contributed by atoms with Gasteiger partial charge in [0.05, 0.1) is 0 Å². The van der Waals surface area contributed by atoms with Crippen molar-refractivity contribution in [3.8, 4) is 0 Å². The van der Waals surface area contributed by atoms with E-state index in [1.807, 2.05) is 11.8 Å². The molecule has 2 aromatic carbocycles. The molecule has 2 heteroatoms. The van der Waals surface area contributed by atoms with Crippen LogP contribution in [-0.2, 0) is 6.42 Å². The van der Waals surface area contributed by atoms with E-state index in [1.54, 1.807) is 0 Å². The van der Waals surface area contributed by atoms with Crippen molar-refractivity contribution in [1.29, 1.82) is 0 Å². The SMILES string of the molecule is CCC(N)Cc1ccc(Sc2ccccc2C)cc1. The van der Waals surface area contributed by atoms with Crippen LogP contribution >= 0.6 is 11.8 Å². The van der Waals surface area contributed by atoms with Crippen LogP contribution in [0.25, 0.3) is 0 Å². The minimum Gasteiger partial charge on any atom is -0.327 e. The third-order valence-corrected chi connectivity index (χ3v) is 4.45. The van der Waals surface area contributed by atoms with E-state index in [9.17, 15) is 0 Å². The van der Waals surface area contributed by atoms with Crippen LogP contribution in [0.15, 0.2) is 58.3 Å². The second kappa shape index (κ2) is 6.78. The Balaban J connectivity index is 2.05. The average Bonchev–Trinajstić information content (AvgIpc) is 2.43. The normalized spacial score (nSPS) is 12.4. The van der Waals surface area contributed by atoms with E-state index >= 15 is 0 Å². The summed E-state index contributed by atoms with van der Waals surface area (Å²) in [6.07, 6.45) is 1.99. The van der Waals surface area contributed by atoms with Crippen LogP contribution in [0.1, 0.15) is 24.5 Å². The Morgan fingerprint density at radius 2 is 1.74 bits per heavy atom. The zero-order valence-corrected chi connectivity index (χ0v) is 12.4. The molecule has 0 saturated carbocycles. The molecule has 2 aromatic rings. The van der Waals surface area contributed by atoms with Gasteiger partial charge in [0.15, 0.2) is 0 Å². The first kappa shape index (κ1) is 14.2. The molecule has 0 bridgehead atoms. The van der Waals surface area contributed by atoms with Crippen LogP contribution in [0.5, 0.6) is 0 Å². The lowest BCUT2D eigenvalue weighted by molar-refractivity contribution is 0.646. The predicted molar refractivity (Wildman–Crippen MR) is 83.7 cm³/mol. The maximum absolute atomic E-state index is 5.98. The molecule has 2 rings (SSSR count). The minimum absolute atomic E-state index is 0.273. The van der Waals surface area contributed by atoms with Crippen LogP contribution in [-0.4, -0.2) is 6.04 Å². The van der Waals surface area contributed by atoms with Crippen molar-refractivity contribution in [2.75, 3.05) is 0 Å². The Morgan fingerprint density at radius 3 is 2.37 bits per heavy atom. The van der Waals surface area contributed by atoms with Gasteiger partial charge in [-0.25, -0.2) is 0 Å². The van der Waals surface area contributed by atoms with Gasteiger partial charge in [-0.15, -0.1) is 0 Å². The van der Waals surface area contributed by atoms with Crippen molar-refractivity contribution >= 4 is 11.8 Å². The van der Waals surface area contributed by atoms with E-state index in [0.717, 1.165) is 12.8 Å². The molecule has 1 atom stereocenters. The molecule has 0 aliphatic heterocycles. The Morgan fingerprint density at radius 1 is 1.05 bits per heavy atom. The third kappa shape index (κ3) is 4.12. The fourth-order valence-corrected chi connectivity index (χ4v) is 2.84. The lowest BCUT2D eigenvalue weighted by Crippen LogP contribution is -2.21. The highest BCUT2D eigenvalue weighted by Gasteiger charge is 2.03. The van der Waals surface area contributed by atoms with Gasteiger partial charge >= 0.3 is 0 Å². The van der Waals surface area contributed by atoms with Gasteiger partial charge < -0.3 is 5.73 Å². The van der Waals surface area contributed by atoms with E-state index < -0.39 is 0 Å². The van der Waals surface area contributed by atoms with Crippen LogP contribution in [0.3, 0.4) is 0 Å². The number of benzene rings is 2. The molecule has 0 amide bonds. The van der Waals surface area contributed by atoms with E-state index in [1.165, 1.54) is 20.9 Å². The van der Waals surface area contributed by atoms with Crippen molar-refractivity contribution in [2.24, 2.45) is 5.73 Å². The van der Waals surface area contributed by atoms with Crippen LogP contribution < -0.4 is 5.73 Å². The largest absolute Gasteiger partial charge is 0.327 e. The van der Waals surface area contributed by atoms with Crippen LogP contribution in [0.4, 0.5) is 0 Å². The first-order valence-electron chi connectivity index (χ1n) is 6.77. The molecule has 1 unspecified atom stereocenters. The summed E-state index contributed by atoms with van der Waals surface area (Å²) in [6.45, 7) is 4.28. The molecular formula is C17H21NS. The molecule has 0 saturated heterocycles. The highest BCUT2D eigenvalue weighted by atomic mass is 32.2. The van der Waals surface area contributed by atoms with E-state index in [-0.39, 0.29) is 6.04 Å². The van der Waals surface area contributed by atoms with Crippen molar-refractivity contribution < 1.29 is 0 Å². The molecule has 0 heterocycles. The summed E-state index contributed by atoms with van der Waals surface area (Å²) in [4.78, 5) is 2.60. The van der Waals surface area contributed by atoms with E-state index in [0.29, 0.717) is 0 Å². The Labute approximate surface area is 120 Å². The molecule has 19 heavy (non-hydrogen) atoms. The second-order valence-corrected chi connectivity index (χ2v) is 6.00.